The molecule has 11 heteroatoms. The molecular formula is C23H19ClF6N4. The molecule has 34 heavy (non-hydrogen) atoms. The highest BCUT2D eigenvalue weighted by Crippen LogP contribution is 2.52. The zero-order valence-electron chi connectivity index (χ0n) is 17.8. The van der Waals surface area contributed by atoms with Crippen molar-refractivity contribution in [2.24, 2.45) is 5.92 Å². The second-order valence-electron chi connectivity index (χ2n) is 8.79. The molecule has 2 bridgehead atoms. The van der Waals surface area contributed by atoms with E-state index in [1.54, 1.807) is 9.47 Å². The number of hydrogen-bond donors (Lipinski definition) is 0. The van der Waals surface area contributed by atoms with Crippen molar-refractivity contribution in [2.45, 2.75) is 50.6 Å². The number of pyridine rings is 1. The lowest BCUT2D eigenvalue weighted by atomic mass is 9.97. The van der Waals surface area contributed by atoms with Gasteiger partial charge in [-0.15, -0.1) is 0 Å². The summed E-state index contributed by atoms with van der Waals surface area (Å²) < 4.78 is 82.7. The van der Waals surface area contributed by atoms with Crippen molar-refractivity contribution in [3.05, 3.63) is 70.4 Å². The predicted octanol–water partition coefficient (Wildman–Crippen LogP) is 7.00. The summed E-state index contributed by atoms with van der Waals surface area (Å²) in [5.74, 6) is 0.113. The average Bonchev–Trinajstić information content (AvgIpc) is 3.46. The van der Waals surface area contributed by atoms with Crippen LogP contribution in [0.2, 0.25) is 5.15 Å². The van der Waals surface area contributed by atoms with Gasteiger partial charge >= 0.3 is 12.4 Å². The van der Waals surface area contributed by atoms with Crippen LogP contribution >= 0.6 is 11.6 Å². The minimum Gasteiger partial charge on any atom is -0.343 e. The summed E-state index contributed by atoms with van der Waals surface area (Å²) in [4.78, 5) is 9.68. The van der Waals surface area contributed by atoms with Crippen LogP contribution in [-0.2, 0) is 12.4 Å². The molecule has 2 aromatic heterocycles. The van der Waals surface area contributed by atoms with Gasteiger partial charge in [0.1, 0.15) is 22.5 Å². The molecule has 3 aromatic rings. The van der Waals surface area contributed by atoms with Gasteiger partial charge in [0.2, 0.25) is 0 Å². The van der Waals surface area contributed by atoms with Crippen LogP contribution in [0.1, 0.15) is 47.9 Å². The molecule has 3 atom stereocenters. The number of imidazole rings is 1. The number of benzene rings is 1. The molecule has 3 heterocycles. The predicted molar refractivity (Wildman–Crippen MR) is 114 cm³/mol. The van der Waals surface area contributed by atoms with E-state index in [-0.39, 0.29) is 23.8 Å². The smallest absolute Gasteiger partial charge is 0.343 e. The third-order valence-electron chi connectivity index (χ3n) is 6.55. The van der Waals surface area contributed by atoms with Crippen molar-refractivity contribution in [2.75, 3.05) is 4.90 Å². The van der Waals surface area contributed by atoms with Crippen LogP contribution in [0.3, 0.4) is 0 Å². The number of hydrogen-bond acceptors (Lipinski definition) is 3. The molecule has 0 spiro atoms. The molecule has 1 saturated heterocycles. The van der Waals surface area contributed by atoms with Crippen molar-refractivity contribution >= 4 is 17.4 Å². The van der Waals surface area contributed by atoms with Crippen molar-refractivity contribution in [3.8, 4) is 5.69 Å². The quantitative estimate of drug-likeness (QED) is 0.363. The van der Waals surface area contributed by atoms with Gasteiger partial charge in [0.25, 0.3) is 0 Å². The summed E-state index contributed by atoms with van der Waals surface area (Å²) in [7, 11) is 0. The Kier molecular flexibility index (Phi) is 5.34. The summed E-state index contributed by atoms with van der Waals surface area (Å²) >= 11 is 6.45. The minimum absolute atomic E-state index is 0.00212. The van der Waals surface area contributed by atoms with E-state index in [0.29, 0.717) is 35.6 Å². The molecule has 1 aromatic carbocycles. The standard InChI is InChI=1S/C23H19ClF6N4/c1-12-3-2-4-15(7-12)33-18(24)11-31-21(33)20-13-5-6-16(8-13)34(20)19-10-14(22(25,26)27)9-17(32-19)23(28,29)30/h2-4,7,9-11,13,16,20H,5-6,8H2,1H3/t13-,16+,20-/m0/s1. The van der Waals surface area contributed by atoms with Gasteiger partial charge in [-0.3, -0.25) is 4.57 Å². The fourth-order valence-electron chi connectivity index (χ4n) is 5.18. The SMILES string of the molecule is Cc1cccc(-n2c(Cl)cnc2[C@@H]2[C@H]3CC[C@H](C3)N2c2cc(C(F)(F)F)cc(C(F)(F)F)n2)c1. The van der Waals surface area contributed by atoms with Crippen LogP contribution in [0.4, 0.5) is 32.2 Å². The first-order chi connectivity index (χ1) is 15.9. The minimum atomic E-state index is -5.02. The Morgan fingerprint density at radius 3 is 2.44 bits per heavy atom. The second-order valence-corrected chi connectivity index (χ2v) is 9.17. The average molecular weight is 501 g/mol. The van der Waals surface area contributed by atoms with E-state index in [1.807, 2.05) is 31.2 Å². The lowest BCUT2D eigenvalue weighted by Crippen LogP contribution is -2.37. The van der Waals surface area contributed by atoms with Crippen molar-refractivity contribution in [3.63, 3.8) is 0 Å². The molecule has 180 valence electrons. The van der Waals surface area contributed by atoms with Crippen molar-refractivity contribution < 1.29 is 26.3 Å². The van der Waals surface area contributed by atoms with Crippen molar-refractivity contribution in [1.82, 2.24) is 14.5 Å². The largest absolute Gasteiger partial charge is 0.433 e. The maximum atomic E-state index is 13.5. The zero-order chi connectivity index (χ0) is 24.4. The molecule has 1 aliphatic carbocycles. The second kappa shape index (κ2) is 7.90. The molecule has 0 radical (unpaired) electrons. The highest BCUT2D eigenvalue weighted by Gasteiger charge is 2.50. The number of rotatable bonds is 3. The number of aryl methyl sites for hydroxylation is 1. The van der Waals surface area contributed by atoms with Crippen LogP contribution in [0.25, 0.3) is 5.69 Å². The highest BCUT2D eigenvalue weighted by molar-refractivity contribution is 6.29. The Morgan fingerprint density at radius 2 is 1.76 bits per heavy atom. The molecule has 5 rings (SSSR count). The van der Waals surface area contributed by atoms with E-state index in [2.05, 4.69) is 9.97 Å². The van der Waals surface area contributed by atoms with Crippen molar-refractivity contribution in [1.29, 1.82) is 0 Å². The van der Waals surface area contributed by atoms with Gasteiger partial charge in [0.15, 0.2) is 0 Å². The van der Waals surface area contributed by atoms with Crippen LogP contribution in [0.15, 0.2) is 42.6 Å². The number of fused-ring (bicyclic) bond motifs is 2. The van der Waals surface area contributed by atoms with E-state index in [9.17, 15) is 26.3 Å². The van der Waals surface area contributed by atoms with Gasteiger partial charge in [-0.1, -0.05) is 23.7 Å². The summed E-state index contributed by atoms with van der Waals surface area (Å²) in [5.41, 5.74) is -1.27. The highest BCUT2D eigenvalue weighted by atomic mass is 35.5. The fourth-order valence-corrected chi connectivity index (χ4v) is 5.42. The Morgan fingerprint density at radius 1 is 1.00 bits per heavy atom. The summed E-state index contributed by atoms with van der Waals surface area (Å²) in [6.45, 7) is 1.91. The third-order valence-corrected chi connectivity index (χ3v) is 6.82. The van der Waals surface area contributed by atoms with Gasteiger partial charge < -0.3 is 4.90 Å². The van der Waals surface area contributed by atoms with E-state index in [0.717, 1.165) is 12.0 Å². The first kappa shape index (κ1) is 23.0. The molecular weight excluding hydrogens is 482 g/mol. The Hall–Kier alpha value is -2.75. The molecule has 0 unspecified atom stereocenters. The lowest BCUT2D eigenvalue weighted by Gasteiger charge is -2.36. The maximum Gasteiger partial charge on any atom is 0.433 e. The van der Waals surface area contributed by atoms with Gasteiger partial charge in [-0.25, -0.2) is 9.97 Å². The monoisotopic (exact) mass is 500 g/mol. The normalized spacial score (nSPS) is 22.6. The number of alkyl halides is 6. The molecule has 0 amide bonds. The summed E-state index contributed by atoms with van der Waals surface area (Å²) in [6, 6.07) is 7.40. The van der Waals surface area contributed by atoms with Crippen LogP contribution in [-0.4, -0.2) is 20.6 Å². The van der Waals surface area contributed by atoms with E-state index < -0.39 is 29.7 Å². The lowest BCUT2D eigenvalue weighted by molar-refractivity contribution is -0.145. The first-order valence-corrected chi connectivity index (χ1v) is 11.1. The molecule has 4 nitrogen and oxygen atoms in total. The summed E-state index contributed by atoms with van der Waals surface area (Å²) in [5, 5.41) is 0.302. The number of piperidine rings is 1. The van der Waals surface area contributed by atoms with Crippen LogP contribution in [0.5, 0.6) is 0 Å². The Labute approximate surface area is 196 Å². The number of anilines is 1. The fraction of sp³-hybridized carbons (Fsp3) is 0.391. The Balaban J connectivity index is 1.66. The van der Waals surface area contributed by atoms with Gasteiger partial charge in [-0.2, -0.15) is 26.3 Å². The number of aromatic nitrogens is 3. The van der Waals surface area contributed by atoms with Crippen LogP contribution < -0.4 is 4.90 Å². The molecule has 1 saturated carbocycles. The van der Waals surface area contributed by atoms with Crippen LogP contribution in [0, 0.1) is 12.8 Å². The van der Waals surface area contributed by atoms with Gasteiger partial charge in [-0.05, 0) is 61.9 Å². The maximum absolute atomic E-state index is 13.5. The van der Waals surface area contributed by atoms with Gasteiger partial charge in [0, 0.05) is 11.7 Å². The van der Waals surface area contributed by atoms with Gasteiger partial charge in [0.05, 0.1) is 17.8 Å². The topological polar surface area (TPSA) is 34.0 Å². The van der Waals surface area contributed by atoms with E-state index >= 15 is 0 Å². The molecule has 0 N–H and O–H groups in total. The first-order valence-electron chi connectivity index (χ1n) is 10.7. The number of nitrogens with zero attached hydrogens (tertiary/aromatic N) is 4. The molecule has 2 aliphatic rings. The van der Waals surface area contributed by atoms with E-state index in [4.69, 9.17) is 11.6 Å². The third kappa shape index (κ3) is 3.91. The number of halogens is 7. The molecule has 1 aliphatic heterocycles. The zero-order valence-corrected chi connectivity index (χ0v) is 18.6. The van der Waals surface area contributed by atoms with E-state index in [1.165, 1.54) is 6.20 Å². The molecule has 2 fully saturated rings. The summed E-state index contributed by atoms with van der Waals surface area (Å²) in [6.07, 6.45) is -6.45. The Bertz CT molecular complexity index is 1200.